The van der Waals surface area contributed by atoms with Crippen molar-refractivity contribution in [3.63, 3.8) is 0 Å². The molecule has 0 bridgehead atoms. The summed E-state index contributed by atoms with van der Waals surface area (Å²) in [4.78, 5) is 24.1. The molecule has 1 aromatic rings. The third-order valence-corrected chi connectivity index (χ3v) is 3.18. The Balaban J connectivity index is 2.05. The highest BCUT2D eigenvalue weighted by atomic mass is 19.1. The van der Waals surface area contributed by atoms with Crippen LogP contribution in [0.5, 0.6) is 0 Å². The van der Waals surface area contributed by atoms with Gasteiger partial charge in [-0.3, -0.25) is 14.9 Å². The van der Waals surface area contributed by atoms with E-state index in [-0.39, 0.29) is 18.8 Å². The second-order valence-electron chi connectivity index (χ2n) is 5.64. The summed E-state index contributed by atoms with van der Waals surface area (Å²) in [5, 5.41) is 5.44. The van der Waals surface area contributed by atoms with Gasteiger partial charge in [-0.1, -0.05) is 19.9 Å². The molecule has 6 heteroatoms. The molecule has 1 saturated heterocycles. The number of imide groups is 1. The third-order valence-electron chi connectivity index (χ3n) is 3.18. The third kappa shape index (κ3) is 4.26. The van der Waals surface area contributed by atoms with Crippen molar-refractivity contribution in [1.29, 1.82) is 0 Å². The summed E-state index contributed by atoms with van der Waals surface area (Å²) in [6.07, 6.45) is 0. The van der Waals surface area contributed by atoms with Crippen LogP contribution in [0, 0.1) is 11.7 Å². The Labute approximate surface area is 123 Å². The van der Waals surface area contributed by atoms with Crippen LogP contribution in [0.1, 0.15) is 19.4 Å². The molecular weight excluding hydrogens is 273 g/mol. The van der Waals surface area contributed by atoms with E-state index in [0.29, 0.717) is 12.5 Å². The Morgan fingerprint density at radius 2 is 1.95 bits per heavy atom. The molecule has 0 unspecified atom stereocenters. The highest BCUT2D eigenvalue weighted by Crippen LogP contribution is 2.21. The highest BCUT2D eigenvalue weighted by molar-refractivity contribution is 6.02. The van der Waals surface area contributed by atoms with Crippen LogP contribution in [0.4, 0.5) is 10.1 Å². The van der Waals surface area contributed by atoms with Crippen LogP contribution in [0.15, 0.2) is 18.2 Å². The lowest BCUT2D eigenvalue weighted by atomic mass is 10.1. The maximum Gasteiger partial charge on any atom is 0.246 e. The first-order valence-electron chi connectivity index (χ1n) is 7.02. The predicted octanol–water partition coefficient (Wildman–Crippen LogP) is 1.03. The van der Waals surface area contributed by atoms with E-state index < -0.39 is 17.6 Å². The van der Waals surface area contributed by atoms with Gasteiger partial charge in [0.2, 0.25) is 11.8 Å². The number of nitrogens with one attached hydrogen (secondary N) is 2. The lowest BCUT2D eigenvalue weighted by molar-refractivity contribution is -0.130. The molecule has 2 rings (SSSR count). The van der Waals surface area contributed by atoms with E-state index in [9.17, 15) is 14.0 Å². The van der Waals surface area contributed by atoms with E-state index in [0.717, 1.165) is 12.1 Å². The highest BCUT2D eigenvalue weighted by Gasteiger charge is 2.24. The molecule has 1 aliphatic heterocycles. The molecule has 1 heterocycles. The van der Waals surface area contributed by atoms with E-state index in [2.05, 4.69) is 24.5 Å². The van der Waals surface area contributed by atoms with Gasteiger partial charge in [0, 0.05) is 6.54 Å². The largest absolute Gasteiger partial charge is 0.351 e. The van der Waals surface area contributed by atoms with E-state index in [4.69, 9.17) is 0 Å². The first-order valence-corrected chi connectivity index (χ1v) is 7.02. The number of rotatable bonds is 5. The second-order valence-corrected chi connectivity index (χ2v) is 5.64. The summed E-state index contributed by atoms with van der Waals surface area (Å²) in [6.45, 7) is 5.66. The summed E-state index contributed by atoms with van der Waals surface area (Å²) < 4.78 is 14.2. The Morgan fingerprint density at radius 1 is 1.29 bits per heavy atom. The summed E-state index contributed by atoms with van der Waals surface area (Å²) in [7, 11) is 0. The molecule has 0 saturated carbocycles. The van der Waals surface area contributed by atoms with Crippen LogP contribution >= 0.6 is 0 Å². The minimum Gasteiger partial charge on any atom is -0.351 e. The molecule has 0 aliphatic carbocycles. The minimum atomic E-state index is -0.415. The van der Waals surface area contributed by atoms with Crippen LogP contribution in [-0.2, 0) is 16.1 Å². The van der Waals surface area contributed by atoms with Gasteiger partial charge >= 0.3 is 0 Å². The summed E-state index contributed by atoms with van der Waals surface area (Å²) >= 11 is 0. The molecule has 5 nitrogen and oxygen atoms in total. The molecule has 2 amide bonds. The topological polar surface area (TPSA) is 61.4 Å². The first kappa shape index (κ1) is 15.4. The Kier molecular flexibility index (Phi) is 4.90. The maximum atomic E-state index is 14.2. The van der Waals surface area contributed by atoms with Crippen LogP contribution in [0.2, 0.25) is 0 Å². The number of benzene rings is 1. The standard InChI is InChI=1S/C15H20FN3O2/c1-10(2)6-17-7-11-3-4-13(12(16)5-11)19-8-14(20)18-15(21)9-19/h3-5,10,17H,6-9H2,1-2H3,(H,18,20,21). The summed E-state index contributed by atoms with van der Waals surface area (Å²) in [6, 6.07) is 4.87. The molecule has 0 radical (unpaired) electrons. The number of amides is 2. The van der Waals surface area contributed by atoms with Crippen LogP contribution in [0.25, 0.3) is 0 Å². The Morgan fingerprint density at radius 3 is 2.52 bits per heavy atom. The van der Waals surface area contributed by atoms with Gasteiger partial charge in [-0.05, 0) is 30.2 Å². The van der Waals surface area contributed by atoms with Gasteiger partial charge in [0.15, 0.2) is 0 Å². The fourth-order valence-electron chi connectivity index (χ4n) is 2.23. The minimum absolute atomic E-state index is 0.00634. The number of anilines is 1. The van der Waals surface area contributed by atoms with Crippen molar-refractivity contribution >= 4 is 17.5 Å². The molecule has 114 valence electrons. The van der Waals surface area contributed by atoms with Gasteiger partial charge in [0.05, 0.1) is 18.8 Å². The van der Waals surface area contributed by atoms with Gasteiger partial charge < -0.3 is 10.2 Å². The average molecular weight is 293 g/mol. The number of nitrogens with zero attached hydrogens (tertiary/aromatic N) is 1. The monoisotopic (exact) mass is 293 g/mol. The van der Waals surface area contributed by atoms with Gasteiger partial charge in [-0.25, -0.2) is 4.39 Å². The maximum absolute atomic E-state index is 14.2. The van der Waals surface area contributed by atoms with Crippen molar-refractivity contribution in [2.45, 2.75) is 20.4 Å². The number of carbonyl (C=O) groups is 2. The van der Waals surface area contributed by atoms with E-state index in [1.807, 2.05) is 6.07 Å². The van der Waals surface area contributed by atoms with Gasteiger partial charge in [0.1, 0.15) is 5.82 Å². The van der Waals surface area contributed by atoms with Crippen LogP contribution in [-0.4, -0.2) is 31.4 Å². The molecule has 0 aromatic heterocycles. The van der Waals surface area contributed by atoms with Gasteiger partial charge in [-0.2, -0.15) is 0 Å². The average Bonchev–Trinajstić information content (AvgIpc) is 2.37. The summed E-state index contributed by atoms with van der Waals surface area (Å²) in [5.74, 6) is -0.699. The second kappa shape index (κ2) is 6.67. The van der Waals surface area contributed by atoms with Crippen LogP contribution < -0.4 is 15.5 Å². The van der Waals surface area contributed by atoms with Gasteiger partial charge in [0.25, 0.3) is 0 Å². The van der Waals surface area contributed by atoms with Crippen LogP contribution in [0.3, 0.4) is 0 Å². The molecule has 2 N–H and O–H groups in total. The number of piperazine rings is 1. The van der Waals surface area contributed by atoms with Crippen molar-refractivity contribution in [1.82, 2.24) is 10.6 Å². The van der Waals surface area contributed by atoms with Crippen molar-refractivity contribution in [3.8, 4) is 0 Å². The molecule has 1 aromatic carbocycles. The number of carbonyl (C=O) groups excluding carboxylic acids is 2. The fourth-order valence-corrected chi connectivity index (χ4v) is 2.23. The number of hydrogen-bond donors (Lipinski definition) is 2. The lowest BCUT2D eigenvalue weighted by Crippen LogP contribution is -2.51. The van der Waals surface area contributed by atoms with Gasteiger partial charge in [-0.15, -0.1) is 0 Å². The lowest BCUT2D eigenvalue weighted by Gasteiger charge is -2.27. The smallest absolute Gasteiger partial charge is 0.246 e. The Hall–Kier alpha value is -1.95. The first-order chi connectivity index (χ1) is 9.95. The molecule has 0 spiro atoms. The summed E-state index contributed by atoms with van der Waals surface area (Å²) in [5.41, 5.74) is 1.12. The molecule has 21 heavy (non-hydrogen) atoms. The van der Waals surface area contributed by atoms with E-state index in [1.165, 1.54) is 11.0 Å². The van der Waals surface area contributed by atoms with Crippen molar-refractivity contribution in [2.75, 3.05) is 24.5 Å². The zero-order chi connectivity index (χ0) is 15.4. The number of halogens is 1. The predicted molar refractivity (Wildman–Crippen MR) is 78.3 cm³/mol. The van der Waals surface area contributed by atoms with E-state index >= 15 is 0 Å². The molecule has 0 atom stereocenters. The molecule has 1 fully saturated rings. The van der Waals surface area contributed by atoms with Crippen molar-refractivity contribution < 1.29 is 14.0 Å². The SMILES string of the molecule is CC(C)CNCc1ccc(N2CC(=O)NC(=O)C2)c(F)c1. The van der Waals surface area contributed by atoms with E-state index in [1.54, 1.807) is 6.07 Å². The zero-order valence-electron chi connectivity index (χ0n) is 12.3. The molecule has 1 aliphatic rings. The van der Waals surface area contributed by atoms with Crippen molar-refractivity contribution in [2.24, 2.45) is 5.92 Å². The Bertz CT molecular complexity index is 530. The zero-order valence-corrected chi connectivity index (χ0v) is 12.3. The normalized spacial score (nSPS) is 15.5. The molecular formula is C15H20FN3O2. The number of hydrogen-bond acceptors (Lipinski definition) is 4. The van der Waals surface area contributed by atoms with Crippen molar-refractivity contribution in [3.05, 3.63) is 29.6 Å². The quantitative estimate of drug-likeness (QED) is 0.796. The fraction of sp³-hybridized carbons (Fsp3) is 0.467.